The first-order chi connectivity index (χ1) is 23.1. The summed E-state index contributed by atoms with van der Waals surface area (Å²) in [5.74, 6) is -2.03. The van der Waals surface area contributed by atoms with E-state index in [1.165, 1.54) is 19.2 Å². The minimum absolute atomic E-state index is 0. The smallest absolute Gasteiger partial charge is 0.748 e. The van der Waals surface area contributed by atoms with Gasteiger partial charge in [-0.25, -0.2) is 38.7 Å². The maximum Gasteiger partial charge on any atom is 1.00 e. The van der Waals surface area contributed by atoms with Gasteiger partial charge in [-0.1, -0.05) is 18.9 Å². The van der Waals surface area contributed by atoms with Crippen molar-refractivity contribution in [3.8, 4) is 5.75 Å². The average Bonchev–Trinajstić information content (AvgIpc) is 3.00. The third kappa shape index (κ3) is 16.1. The minimum atomic E-state index is -5.58. The zero-order chi connectivity index (χ0) is 37.1. The fourth-order valence-corrected chi connectivity index (χ4v) is 7.34. The number of fused-ring (bicyclic) bond motifs is 1. The van der Waals surface area contributed by atoms with Crippen LogP contribution in [0.1, 0.15) is 24.5 Å². The Kier molecular flexibility index (Phi) is 22.5. The molecule has 0 fully saturated rings. The van der Waals surface area contributed by atoms with Crippen molar-refractivity contribution in [2.45, 2.75) is 35.5 Å². The number of rotatable bonds is 15. The number of nitrogens with zero attached hydrogens (tertiary/aromatic N) is 6. The van der Waals surface area contributed by atoms with E-state index in [4.69, 9.17) is 4.74 Å². The van der Waals surface area contributed by atoms with E-state index in [-0.39, 0.29) is 167 Å². The standard InChI is InChI=1S/C26H28N6O13S5.4Na/c1-45-18-6-2-5-16(13-18)30-31-17-9-10-19-20(14-17)21(49(39,40)41)15-22(50(42,43)44)25(19)32(46)26-28-23(7-3-11-47(33,34)35)27-24(29-26)8-4-12-48(36,37)38;;;;/h2,5-6,9-10,13-15,46H,3-4,7-8,11-12H2,1H3,(H,33,34,35)(H,36,37,38)(H,39,40,41)(H,42,43,44);;;;/q;4*+1/p-4. The first-order valence-electron chi connectivity index (χ1n) is 13.8. The summed E-state index contributed by atoms with van der Waals surface area (Å²) in [5.41, 5.74) is -0.293. The summed E-state index contributed by atoms with van der Waals surface area (Å²) in [6, 6.07) is 10.2. The molecule has 1 aromatic heterocycles. The Morgan fingerprint density at radius 1 is 0.667 bits per heavy atom. The van der Waals surface area contributed by atoms with Gasteiger partial charge in [-0.3, -0.25) is 4.31 Å². The van der Waals surface area contributed by atoms with E-state index in [0.717, 1.165) is 12.1 Å². The number of azo groups is 1. The molecule has 28 heteroatoms. The van der Waals surface area contributed by atoms with Gasteiger partial charge in [0, 0.05) is 41.2 Å². The molecule has 0 aliphatic heterocycles. The van der Waals surface area contributed by atoms with E-state index in [2.05, 4.69) is 38.0 Å². The Morgan fingerprint density at radius 2 is 1.17 bits per heavy atom. The normalized spacial score (nSPS) is 11.9. The van der Waals surface area contributed by atoms with Gasteiger partial charge in [-0.2, -0.15) is 20.2 Å². The van der Waals surface area contributed by atoms with Crippen LogP contribution in [-0.4, -0.2) is 85.4 Å². The Bertz CT molecular complexity index is 2370. The fourth-order valence-electron chi connectivity index (χ4n) is 4.49. The Hall–Kier alpha value is 0.120. The Balaban J connectivity index is 0.00000702. The van der Waals surface area contributed by atoms with Gasteiger partial charge < -0.3 is 22.9 Å². The molecule has 270 valence electrons. The van der Waals surface area contributed by atoms with Crippen molar-refractivity contribution in [3.63, 3.8) is 0 Å². The molecular formula is C26H24N6Na4O13S5. The summed E-state index contributed by atoms with van der Waals surface area (Å²) >= 11 is 4.30. The maximum absolute atomic E-state index is 12.5. The number of hydrogen-bond donors (Lipinski definition) is 1. The number of methoxy groups -OCH3 is 1. The molecule has 19 nitrogen and oxygen atoms in total. The van der Waals surface area contributed by atoms with Crippen LogP contribution in [0.25, 0.3) is 10.8 Å². The summed E-state index contributed by atoms with van der Waals surface area (Å²) in [5, 5.41) is 7.36. The van der Waals surface area contributed by atoms with Gasteiger partial charge in [-0.05, 0) is 49.2 Å². The molecule has 0 unspecified atom stereocenters. The molecule has 0 N–H and O–H groups in total. The minimum Gasteiger partial charge on any atom is -0.748 e. The Morgan fingerprint density at radius 3 is 1.63 bits per heavy atom. The van der Waals surface area contributed by atoms with E-state index in [9.17, 15) is 51.9 Å². The predicted molar refractivity (Wildman–Crippen MR) is 174 cm³/mol. The van der Waals surface area contributed by atoms with E-state index < -0.39 is 78.8 Å². The molecule has 0 bridgehead atoms. The van der Waals surface area contributed by atoms with Crippen LogP contribution in [0.2, 0.25) is 0 Å². The van der Waals surface area contributed by atoms with E-state index >= 15 is 0 Å². The molecule has 54 heavy (non-hydrogen) atoms. The second kappa shape index (κ2) is 22.5. The van der Waals surface area contributed by atoms with E-state index in [1.807, 2.05) is 0 Å². The van der Waals surface area contributed by atoms with Crippen LogP contribution < -0.4 is 127 Å². The first-order valence-corrected chi connectivity index (χ1v) is 20.2. The third-order valence-corrected chi connectivity index (χ3v) is 10.3. The summed E-state index contributed by atoms with van der Waals surface area (Å²) < 4.78 is 147. The van der Waals surface area contributed by atoms with Crippen molar-refractivity contribution in [2.75, 3.05) is 22.9 Å². The Labute approximate surface area is 405 Å². The van der Waals surface area contributed by atoms with E-state index in [0.29, 0.717) is 21.8 Å². The summed E-state index contributed by atoms with van der Waals surface area (Å²) in [6.45, 7) is 0. The molecule has 4 aromatic rings. The zero-order valence-electron chi connectivity index (χ0n) is 29.4. The zero-order valence-corrected chi connectivity index (χ0v) is 41.6. The van der Waals surface area contributed by atoms with Gasteiger partial charge in [0.15, 0.2) is 0 Å². The molecule has 0 radical (unpaired) electrons. The number of benzene rings is 3. The number of thiol groups is 1. The maximum atomic E-state index is 12.5. The molecule has 0 saturated carbocycles. The number of aryl methyl sites for hydroxylation is 2. The molecule has 0 saturated heterocycles. The van der Waals surface area contributed by atoms with Gasteiger partial charge in [0.2, 0.25) is 5.95 Å². The summed E-state index contributed by atoms with van der Waals surface area (Å²) in [7, 11) is -18.9. The number of hydrogen-bond acceptors (Lipinski definition) is 20. The van der Waals surface area contributed by atoms with Crippen molar-refractivity contribution >= 4 is 87.1 Å². The van der Waals surface area contributed by atoms with Crippen LogP contribution in [0.3, 0.4) is 0 Å². The van der Waals surface area contributed by atoms with Crippen LogP contribution >= 0.6 is 12.8 Å². The van der Waals surface area contributed by atoms with Crippen LogP contribution in [0, 0.1) is 0 Å². The van der Waals surface area contributed by atoms with E-state index in [1.54, 1.807) is 18.2 Å². The SMILES string of the molecule is COc1cccc(N=Nc2ccc3c(N(S)c4nc(CCCS(=O)(=O)[O-])nc(CCCS(=O)(=O)[O-])n4)c(S(=O)(=O)[O-])cc(S(=O)(=O)[O-])c3c2)c1.[Na+].[Na+].[Na+].[Na+]. The van der Waals surface area contributed by atoms with Crippen molar-refractivity contribution in [2.24, 2.45) is 10.2 Å². The fraction of sp³-hybridized carbons (Fsp3) is 0.269. The number of aromatic nitrogens is 3. The predicted octanol–water partition coefficient (Wildman–Crippen LogP) is -9.79. The van der Waals surface area contributed by atoms with Crippen LogP contribution in [-0.2, 0) is 53.3 Å². The second-order valence-electron chi connectivity index (χ2n) is 10.3. The van der Waals surface area contributed by atoms with Gasteiger partial charge in [0.25, 0.3) is 0 Å². The largest absolute Gasteiger partial charge is 1.00 e. The second-order valence-corrected chi connectivity index (χ2v) is 16.4. The molecule has 0 aliphatic carbocycles. The summed E-state index contributed by atoms with van der Waals surface area (Å²) in [6.07, 6.45) is -1.06. The monoisotopic (exact) mass is 880 g/mol. The molecule has 3 aromatic carbocycles. The molecule has 0 amide bonds. The van der Waals surface area contributed by atoms with Gasteiger partial charge in [0.1, 0.15) is 37.6 Å². The topological polar surface area (TPSA) is 305 Å². The molecule has 4 rings (SSSR count). The molecule has 0 aliphatic rings. The average molecular weight is 881 g/mol. The molecular weight excluding hydrogens is 857 g/mol. The van der Waals surface area contributed by atoms with Gasteiger partial charge >= 0.3 is 118 Å². The number of ether oxygens (including phenoxy) is 1. The third-order valence-electron chi connectivity index (χ3n) is 6.60. The number of anilines is 2. The van der Waals surface area contributed by atoms with Crippen LogP contribution in [0.5, 0.6) is 5.75 Å². The van der Waals surface area contributed by atoms with Crippen LogP contribution in [0.4, 0.5) is 23.0 Å². The van der Waals surface area contributed by atoms with Crippen LogP contribution in [0.15, 0.2) is 68.6 Å². The van der Waals surface area contributed by atoms with Crippen molar-refractivity contribution in [1.29, 1.82) is 0 Å². The molecule has 0 atom stereocenters. The van der Waals surface area contributed by atoms with Gasteiger partial charge in [0.05, 0.1) is 54.2 Å². The van der Waals surface area contributed by atoms with Crippen molar-refractivity contribution < 1.29 is 175 Å². The molecule has 1 heterocycles. The van der Waals surface area contributed by atoms with Gasteiger partial charge in [-0.15, -0.1) is 0 Å². The first kappa shape index (κ1) is 54.1. The van der Waals surface area contributed by atoms with Crippen molar-refractivity contribution in [3.05, 3.63) is 60.2 Å². The quantitative estimate of drug-likeness (QED) is 0.0502. The van der Waals surface area contributed by atoms with Crippen molar-refractivity contribution in [1.82, 2.24) is 15.0 Å². The molecule has 0 spiro atoms. The summed E-state index contributed by atoms with van der Waals surface area (Å²) in [4.78, 5) is 9.99.